The first-order valence-corrected chi connectivity index (χ1v) is 7.43. The molecule has 0 aliphatic rings. The van der Waals surface area contributed by atoms with Crippen LogP contribution < -0.4 is 5.56 Å². The summed E-state index contributed by atoms with van der Waals surface area (Å²) in [5, 5.41) is 6.13. The van der Waals surface area contributed by atoms with Crippen LogP contribution in [0, 0.1) is 6.92 Å². The summed E-state index contributed by atoms with van der Waals surface area (Å²) < 4.78 is 9.34. The average molecular weight is 304 g/mol. The molecule has 6 nitrogen and oxygen atoms in total. The zero-order chi connectivity index (χ0) is 15.0. The highest BCUT2D eigenvalue weighted by Crippen LogP contribution is 2.22. The molecule has 0 bridgehead atoms. The molecule has 0 radical (unpaired) electrons. The van der Waals surface area contributed by atoms with Gasteiger partial charge in [0.15, 0.2) is 0 Å². The fourth-order valence-electron chi connectivity index (χ4n) is 2.44. The molecule has 7 heteroatoms. The molecule has 21 heavy (non-hydrogen) atoms. The summed E-state index contributed by atoms with van der Waals surface area (Å²) in [4.78, 5) is 17.1. The highest BCUT2D eigenvalue weighted by molar-refractivity contribution is 7.17. The summed E-state index contributed by atoms with van der Waals surface area (Å²) in [5.41, 5.74) is 2.68. The molecule has 1 atom stereocenters. The van der Waals surface area contributed by atoms with Crippen LogP contribution in [0.5, 0.6) is 0 Å². The lowest BCUT2D eigenvalue weighted by atomic mass is 10.2. The number of aromatic nitrogens is 4. The van der Waals surface area contributed by atoms with E-state index in [0.29, 0.717) is 11.3 Å². The number of aryl methyl sites for hydroxylation is 2. The van der Waals surface area contributed by atoms with Crippen molar-refractivity contribution in [2.75, 3.05) is 13.7 Å². The molecule has 0 N–H and O–H groups in total. The van der Waals surface area contributed by atoms with Crippen LogP contribution in [0.2, 0.25) is 0 Å². The van der Waals surface area contributed by atoms with Crippen molar-refractivity contribution in [3.05, 3.63) is 45.6 Å². The average Bonchev–Trinajstić information content (AvgIpc) is 3.05. The monoisotopic (exact) mass is 304 g/mol. The van der Waals surface area contributed by atoms with E-state index >= 15 is 0 Å². The van der Waals surface area contributed by atoms with E-state index in [0.717, 1.165) is 16.8 Å². The Kier molecular flexibility index (Phi) is 3.60. The molecule has 3 rings (SSSR count). The predicted octanol–water partition coefficient (Wildman–Crippen LogP) is 1.74. The molecule has 3 heterocycles. The third kappa shape index (κ3) is 2.28. The lowest BCUT2D eigenvalue weighted by molar-refractivity contribution is 0.164. The Morgan fingerprint density at radius 2 is 2.29 bits per heavy atom. The van der Waals surface area contributed by atoms with Crippen molar-refractivity contribution in [2.45, 2.75) is 13.0 Å². The molecule has 0 saturated heterocycles. The van der Waals surface area contributed by atoms with Gasteiger partial charge in [0, 0.05) is 20.4 Å². The maximum absolute atomic E-state index is 12.7. The van der Waals surface area contributed by atoms with Crippen LogP contribution in [-0.4, -0.2) is 33.0 Å². The predicted molar refractivity (Wildman–Crippen MR) is 81.8 cm³/mol. The lowest BCUT2D eigenvalue weighted by Crippen LogP contribution is -2.29. The van der Waals surface area contributed by atoms with Crippen LogP contribution in [0.15, 0.2) is 28.8 Å². The molecule has 0 saturated carbocycles. The number of nitrogens with zero attached hydrogens (tertiary/aromatic N) is 4. The molecule has 0 fully saturated rings. The second kappa shape index (κ2) is 5.42. The van der Waals surface area contributed by atoms with Gasteiger partial charge in [-0.2, -0.15) is 5.10 Å². The second-order valence-electron chi connectivity index (χ2n) is 4.90. The minimum absolute atomic E-state index is 0.0404. The van der Waals surface area contributed by atoms with E-state index in [1.165, 1.54) is 11.3 Å². The first-order valence-electron chi connectivity index (χ1n) is 6.55. The van der Waals surface area contributed by atoms with E-state index in [2.05, 4.69) is 10.1 Å². The SMILES string of the molecule is COCC(c1ccnn1C)n1cnc2c(C)csc2c1=O. The van der Waals surface area contributed by atoms with Gasteiger partial charge in [0.1, 0.15) is 10.7 Å². The molecule has 110 valence electrons. The number of thiophene rings is 1. The Labute approximate surface area is 125 Å². The van der Waals surface area contributed by atoms with E-state index in [1.54, 1.807) is 28.9 Å². The standard InChI is InChI=1S/C14H16N4O2S/c1-9-7-21-13-12(9)15-8-18(14(13)19)11(6-20-3)10-4-5-16-17(10)2/h4-5,7-8,11H,6H2,1-3H3. The summed E-state index contributed by atoms with van der Waals surface area (Å²) >= 11 is 1.43. The van der Waals surface area contributed by atoms with E-state index in [9.17, 15) is 4.79 Å². The number of hydrogen-bond acceptors (Lipinski definition) is 5. The molecule has 0 amide bonds. The smallest absolute Gasteiger partial charge is 0.272 e. The van der Waals surface area contributed by atoms with Gasteiger partial charge in [0.05, 0.1) is 24.1 Å². The van der Waals surface area contributed by atoms with Crippen molar-refractivity contribution in [1.82, 2.24) is 19.3 Å². The van der Waals surface area contributed by atoms with Crippen LogP contribution >= 0.6 is 11.3 Å². The Hall–Kier alpha value is -1.99. The number of hydrogen-bond donors (Lipinski definition) is 0. The Bertz CT molecular complexity index is 833. The van der Waals surface area contributed by atoms with E-state index in [4.69, 9.17) is 4.74 Å². The van der Waals surface area contributed by atoms with Crippen LogP contribution in [-0.2, 0) is 11.8 Å². The van der Waals surface area contributed by atoms with Crippen molar-refractivity contribution < 1.29 is 4.74 Å². The maximum atomic E-state index is 12.7. The van der Waals surface area contributed by atoms with Crippen LogP contribution in [0.4, 0.5) is 0 Å². The molecular formula is C14H16N4O2S. The molecular weight excluding hydrogens is 288 g/mol. The fourth-order valence-corrected chi connectivity index (χ4v) is 3.38. The quantitative estimate of drug-likeness (QED) is 0.736. The van der Waals surface area contributed by atoms with Crippen LogP contribution in [0.25, 0.3) is 10.2 Å². The van der Waals surface area contributed by atoms with Crippen molar-refractivity contribution >= 4 is 21.6 Å². The largest absolute Gasteiger partial charge is 0.382 e. The van der Waals surface area contributed by atoms with Gasteiger partial charge in [0.2, 0.25) is 0 Å². The first kappa shape index (κ1) is 14.0. The van der Waals surface area contributed by atoms with Crippen molar-refractivity contribution in [2.24, 2.45) is 7.05 Å². The Morgan fingerprint density at radius 1 is 1.48 bits per heavy atom. The van der Waals surface area contributed by atoms with Gasteiger partial charge in [-0.1, -0.05) is 0 Å². The Morgan fingerprint density at radius 3 is 2.95 bits per heavy atom. The van der Waals surface area contributed by atoms with E-state index in [-0.39, 0.29) is 11.6 Å². The zero-order valence-electron chi connectivity index (χ0n) is 12.1. The van der Waals surface area contributed by atoms with Gasteiger partial charge in [-0.05, 0) is 23.9 Å². The number of fused-ring (bicyclic) bond motifs is 1. The summed E-state index contributed by atoms with van der Waals surface area (Å²) in [6.07, 6.45) is 3.31. The molecule has 3 aromatic rings. The molecule has 3 aromatic heterocycles. The van der Waals surface area contributed by atoms with E-state index in [1.807, 2.05) is 25.4 Å². The van der Waals surface area contributed by atoms with Crippen molar-refractivity contribution in [1.29, 1.82) is 0 Å². The summed E-state index contributed by atoms with van der Waals surface area (Å²) in [7, 11) is 3.47. The van der Waals surface area contributed by atoms with Gasteiger partial charge >= 0.3 is 0 Å². The molecule has 1 unspecified atom stereocenters. The minimum atomic E-state index is -0.241. The van der Waals surface area contributed by atoms with Gasteiger partial charge in [0.25, 0.3) is 5.56 Å². The summed E-state index contributed by atoms with van der Waals surface area (Å²) in [6.45, 7) is 2.35. The second-order valence-corrected chi connectivity index (χ2v) is 5.78. The highest BCUT2D eigenvalue weighted by atomic mass is 32.1. The summed E-state index contributed by atoms with van der Waals surface area (Å²) in [5.74, 6) is 0. The Balaban J connectivity index is 2.18. The normalized spacial score (nSPS) is 12.9. The molecule has 0 spiro atoms. The van der Waals surface area contributed by atoms with Crippen LogP contribution in [0.3, 0.4) is 0 Å². The van der Waals surface area contributed by atoms with E-state index < -0.39 is 0 Å². The molecule has 0 aliphatic heterocycles. The molecule has 0 aliphatic carbocycles. The third-order valence-corrected chi connectivity index (χ3v) is 4.62. The third-order valence-electron chi connectivity index (χ3n) is 3.54. The number of ether oxygens (including phenoxy) is 1. The minimum Gasteiger partial charge on any atom is -0.382 e. The van der Waals surface area contributed by atoms with Gasteiger partial charge in [-0.25, -0.2) is 4.98 Å². The van der Waals surface area contributed by atoms with Gasteiger partial charge in [-0.15, -0.1) is 11.3 Å². The number of methoxy groups -OCH3 is 1. The topological polar surface area (TPSA) is 61.9 Å². The lowest BCUT2D eigenvalue weighted by Gasteiger charge is -2.19. The molecule has 0 aromatic carbocycles. The van der Waals surface area contributed by atoms with Crippen molar-refractivity contribution in [3.63, 3.8) is 0 Å². The maximum Gasteiger partial charge on any atom is 0.272 e. The summed E-state index contributed by atoms with van der Waals surface area (Å²) in [6, 6.07) is 1.65. The zero-order valence-corrected chi connectivity index (χ0v) is 12.9. The number of rotatable bonds is 4. The first-order chi connectivity index (χ1) is 10.1. The van der Waals surface area contributed by atoms with Gasteiger partial charge in [-0.3, -0.25) is 14.0 Å². The van der Waals surface area contributed by atoms with Gasteiger partial charge < -0.3 is 4.74 Å². The van der Waals surface area contributed by atoms with Crippen molar-refractivity contribution in [3.8, 4) is 0 Å². The van der Waals surface area contributed by atoms with Crippen LogP contribution in [0.1, 0.15) is 17.3 Å². The highest BCUT2D eigenvalue weighted by Gasteiger charge is 2.20. The fraction of sp³-hybridized carbons (Fsp3) is 0.357.